The van der Waals surface area contributed by atoms with E-state index in [0.717, 1.165) is 5.56 Å². The lowest BCUT2D eigenvalue weighted by atomic mass is 10.2. The largest absolute Gasteiger partial charge is 0.493 e. The summed E-state index contributed by atoms with van der Waals surface area (Å²) in [5, 5.41) is 7.40. The second-order valence-corrected chi connectivity index (χ2v) is 6.37. The summed E-state index contributed by atoms with van der Waals surface area (Å²) in [6.07, 6.45) is 0.0692. The second-order valence-electron chi connectivity index (χ2n) is 5.94. The van der Waals surface area contributed by atoms with Gasteiger partial charge in [0.2, 0.25) is 5.91 Å². The van der Waals surface area contributed by atoms with Crippen LogP contribution in [-0.2, 0) is 11.3 Å². The van der Waals surface area contributed by atoms with Gasteiger partial charge in [0.25, 0.3) is 5.91 Å². The van der Waals surface area contributed by atoms with Crippen molar-refractivity contribution in [1.82, 2.24) is 10.7 Å². The van der Waals surface area contributed by atoms with Crippen molar-refractivity contribution in [1.29, 1.82) is 0 Å². The van der Waals surface area contributed by atoms with E-state index in [1.165, 1.54) is 14.2 Å². The Kier molecular flexibility index (Phi) is 7.83. The van der Waals surface area contributed by atoms with Gasteiger partial charge in [0.05, 0.1) is 20.6 Å². The molecule has 8 heteroatoms. The molecule has 148 valence electrons. The molecule has 0 atom stereocenters. The fourth-order valence-corrected chi connectivity index (χ4v) is 2.45. The highest BCUT2D eigenvalue weighted by atomic mass is 35.5. The SMILES string of the molecule is COc1ccc(C(=O)N/N=C(/C)CC(=O)NCc2ccc(Cl)cc2)cc1OC. The van der Waals surface area contributed by atoms with Gasteiger partial charge in [-0.3, -0.25) is 9.59 Å². The zero-order chi connectivity index (χ0) is 20.5. The maximum absolute atomic E-state index is 12.2. The molecule has 0 unspecified atom stereocenters. The van der Waals surface area contributed by atoms with Crippen LogP contribution >= 0.6 is 11.6 Å². The first-order chi connectivity index (χ1) is 13.4. The zero-order valence-corrected chi connectivity index (χ0v) is 16.7. The van der Waals surface area contributed by atoms with Crippen LogP contribution in [0.4, 0.5) is 0 Å². The third-order valence-electron chi connectivity index (χ3n) is 3.81. The van der Waals surface area contributed by atoms with Crippen molar-refractivity contribution in [3.05, 3.63) is 58.6 Å². The smallest absolute Gasteiger partial charge is 0.271 e. The molecule has 2 amide bonds. The number of amides is 2. The van der Waals surface area contributed by atoms with Crippen LogP contribution in [0.15, 0.2) is 47.6 Å². The summed E-state index contributed by atoms with van der Waals surface area (Å²) < 4.78 is 10.3. The Balaban J connectivity index is 1.86. The van der Waals surface area contributed by atoms with Gasteiger partial charge in [0, 0.05) is 22.8 Å². The highest BCUT2D eigenvalue weighted by Gasteiger charge is 2.11. The predicted octanol–water partition coefficient (Wildman–Crippen LogP) is 3.17. The first-order valence-corrected chi connectivity index (χ1v) is 8.87. The van der Waals surface area contributed by atoms with E-state index in [2.05, 4.69) is 15.8 Å². The minimum atomic E-state index is -0.415. The Morgan fingerprint density at radius 1 is 1.04 bits per heavy atom. The molecule has 0 saturated heterocycles. The van der Waals surface area contributed by atoms with Gasteiger partial charge in [-0.05, 0) is 42.8 Å². The average Bonchev–Trinajstić information content (AvgIpc) is 2.71. The third kappa shape index (κ3) is 6.28. The lowest BCUT2D eigenvalue weighted by Crippen LogP contribution is -2.26. The van der Waals surface area contributed by atoms with Crippen LogP contribution in [0.25, 0.3) is 0 Å². The molecule has 2 N–H and O–H groups in total. The summed E-state index contributed by atoms with van der Waals surface area (Å²) >= 11 is 5.83. The van der Waals surface area contributed by atoms with Gasteiger partial charge >= 0.3 is 0 Å². The van der Waals surface area contributed by atoms with Crippen molar-refractivity contribution >= 4 is 29.1 Å². The highest BCUT2D eigenvalue weighted by molar-refractivity contribution is 6.30. The summed E-state index contributed by atoms with van der Waals surface area (Å²) in [4.78, 5) is 24.2. The van der Waals surface area contributed by atoms with Crippen LogP contribution in [-0.4, -0.2) is 31.7 Å². The molecule has 0 spiro atoms. The van der Waals surface area contributed by atoms with E-state index >= 15 is 0 Å². The van der Waals surface area contributed by atoms with Crippen molar-refractivity contribution < 1.29 is 19.1 Å². The first kappa shape index (κ1) is 21.2. The zero-order valence-electron chi connectivity index (χ0n) is 15.9. The van der Waals surface area contributed by atoms with Crippen molar-refractivity contribution in [2.75, 3.05) is 14.2 Å². The van der Waals surface area contributed by atoms with Crippen molar-refractivity contribution in [2.45, 2.75) is 19.9 Å². The molecule has 0 aliphatic heterocycles. The number of halogens is 1. The first-order valence-electron chi connectivity index (χ1n) is 8.49. The average molecular weight is 404 g/mol. The summed E-state index contributed by atoms with van der Waals surface area (Å²) in [5.41, 5.74) is 4.21. The molecule has 0 aliphatic rings. The number of rotatable bonds is 8. The van der Waals surface area contributed by atoms with Crippen molar-refractivity contribution in [3.63, 3.8) is 0 Å². The van der Waals surface area contributed by atoms with E-state index in [1.54, 1.807) is 37.3 Å². The third-order valence-corrected chi connectivity index (χ3v) is 4.07. The fraction of sp³-hybridized carbons (Fsp3) is 0.250. The molecular formula is C20H22ClN3O4. The van der Waals surface area contributed by atoms with Crippen LogP contribution < -0.4 is 20.2 Å². The number of hydrazone groups is 1. The molecule has 0 saturated carbocycles. The van der Waals surface area contributed by atoms with Crippen molar-refractivity contribution in [2.24, 2.45) is 5.10 Å². The number of ether oxygens (including phenoxy) is 2. The van der Waals surface area contributed by atoms with Gasteiger partial charge in [-0.1, -0.05) is 23.7 Å². The van der Waals surface area contributed by atoms with Crippen LogP contribution in [0.3, 0.4) is 0 Å². The monoisotopic (exact) mass is 403 g/mol. The molecule has 28 heavy (non-hydrogen) atoms. The number of carbonyl (C=O) groups excluding carboxylic acids is 2. The molecule has 0 radical (unpaired) electrons. The predicted molar refractivity (Wildman–Crippen MR) is 108 cm³/mol. The maximum Gasteiger partial charge on any atom is 0.271 e. The number of methoxy groups -OCH3 is 2. The second kappa shape index (κ2) is 10.3. The topological polar surface area (TPSA) is 89.0 Å². The quantitative estimate of drug-likeness (QED) is 0.523. The lowest BCUT2D eigenvalue weighted by molar-refractivity contribution is -0.120. The summed E-state index contributed by atoms with van der Waals surface area (Å²) in [5.74, 6) is 0.354. The molecule has 0 aliphatic carbocycles. The van der Waals surface area contributed by atoms with E-state index in [4.69, 9.17) is 21.1 Å². The van der Waals surface area contributed by atoms with Crippen LogP contribution in [0.2, 0.25) is 5.02 Å². The Labute approximate surface area is 168 Å². The van der Waals surface area contributed by atoms with Gasteiger partial charge in [-0.15, -0.1) is 0 Å². The number of hydrogen-bond donors (Lipinski definition) is 2. The summed E-state index contributed by atoms with van der Waals surface area (Å²) in [6.45, 7) is 2.05. The Bertz CT molecular complexity index is 866. The minimum Gasteiger partial charge on any atom is -0.493 e. The minimum absolute atomic E-state index is 0.0692. The molecule has 2 rings (SSSR count). The molecule has 2 aromatic carbocycles. The van der Waals surface area contributed by atoms with E-state index in [0.29, 0.717) is 34.3 Å². The fourth-order valence-electron chi connectivity index (χ4n) is 2.33. The molecule has 2 aromatic rings. The molecule has 0 bridgehead atoms. The molecule has 0 heterocycles. The molecule has 7 nitrogen and oxygen atoms in total. The Morgan fingerprint density at radius 3 is 2.36 bits per heavy atom. The summed E-state index contributed by atoms with van der Waals surface area (Å²) in [7, 11) is 3.01. The van der Waals surface area contributed by atoms with E-state index < -0.39 is 5.91 Å². The number of nitrogens with zero attached hydrogens (tertiary/aromatic N) is 1. The van der Waals surface area contributed by atoms with E-state index in [9.17, 15) is 9.59 Å². The molecular weight excluding hydrogens is 382 g/mol. The van der Waals surface area contributed by atoms with Gasteiger partial charge < -0.3 is 14.8 Å². The van der Waals surface area contributed by atoms with Gasteiger partial charge in [-0.2, -0.15) is 5.10 Å². The van der Waals surface area contributed by atoms with E-state index in [1.807, 2.05) is 12.1 Å². The summed E-state index contributed by atoms with van der Waals surface area (Å²) in [6, 6.07) is 12.0. The Morgan fingerprint density at radius 2 is 1.71 bits per heavy atom. The number of benzene rings is 2. The van der Waals surface area contributed by atoms with Crippen LogP contribution in [0, 0.1) is 0 Å². The van der Waals surface area contributed by atoms with Crippen LogP contribution in [0.1, 0.15) is 29.3 Å². The standard InChI is InChI=1S/C20H22ClN3O4/c1-13(10-19(25)22-12-14-4-7-16(21)8-5-14)23-24-20(26)15-6-9-17(27-2)18(11-15)28-3/h4-9,11H,10,12H2,1-3H3,(H,22,25)(H,24,26)/b23-13-. The lowest BCUT2D eigenvalue weighted by Gasteiger charge is -2.09. The van der Waals surface area contributed by atoms with Crippen molar-refractivity contribution in [3.8, 4) is 11.5 Å². The molecule has 0 aromatic heterocycles. The van der Waals surface area contributed by atoms with Gasteiger partial charge in [0.1, 0.15) is 0 Å². The number of hydrogen-bond acceptors (Lipinski definition) is 5. The normalized spacial score (nSPS) is 10.9. The number of nitrogens with one attached hydrogen (secondary N) is 2. The Hall–Kier alpha value is -3.06. The number of carbonyl (C=O) groups is 2. The van der Waals surface area contributed by atoms with Gasteiger partial charge in [-0.25, -0.2) is 5.43 Å². The van der Waals surface area contributed by atoms with Gasteiger partial charge in [0.15, 0.2) is 11.5 Å². The molecule has 0 fully saturated rings. The van der Waals surface area contributed by atoms with E-state index in [-0.39, 0.29) is 12.3 Å². The maximum atomic E-state index is 12.2. The van der Waals surface area contributed by atoms with Crippen LogP contribution in [0.5, 0.6) is 11.5 Å². The highest BCUT2D eigenvalue weighted by Crippen LogP contribution is 2.27.